The van der Waals surface area contributed by atoms with E-state index in [-0.39, 0.29) is 23.9 Å². The van der Waals surface area contributed by atoms with Gasteiger partial charge in [-0.3, -0.25) is 4.79 Å². The van der Waals surface area contributed by atoms with E-state index >= 15 is 0 Å². The summed E-state index contributed by atoms with van der Waals surface area (Å²) in [4.78, 5) is 17.2. The van der Waals surface area contributed by atoms with Crippen LogP contribution in [0.4, 0.5) is 18.9 Å². The van der Waals surface area contributed by atoms with Crippen LogP contribution in [0.5, 0.6) is 5.75 Å². The van der Waals surface area contributed by atoms with E-state index in [9.17, 15) is 18.0 Å². The first kappa shape index (κ1) is 21.9. The van der Waals surface area contributed by atoms with Gasteiger partial charge in [-0.25, -0.2) is 14.2 Å². The first-order valence-corrected chi connectivity index (χ1v) is 10.7. The molecule has 4 aromatic rings. The van der Waals surface area contributed by atoms with Crippen LogP contribution >= 0.6 is 0 Å². The molecule has 0 radical (unpaired) electrons. The molecule has 11 heteroatoms. The highest BCUT2D eigenvalue weighted by Crippen LogP contribution is 2.41. The van der Waals surface area contributed by atoms with Gasteiger partial charge in [0.1, 0.15) is 17.0 Å². The molecule has 34 heavy (non-hydrogen) atoms. The summed E-state index contributed by atoms with van der Waals surface area (Å²) in [5.74, 6) is 0.0711. The largest absolute Gasteiger partial charge is 0.471 e. The number of benzene rings is 1. The van der Waals surface area contributed by atoms with Crippen LogP contribution in [0, 0.1) is 13.8 Å². The van der Waals surface area contributed by atoms with Crippen molar-refractivity contribution in [2.24, 2.45) is 0 Å². The van der Waals surface area contributed by atoms with Crippen LogP contribution in [0.25, 0.3) is 5.65 Å². The minimum atomic E-state index is -4.62. The summed E-state index contributed by atoms with van der Waals surface area (Å²) >= 11 is 0. The smallest absolute Gasteiger partial charge is 0.433 e. The number of rotatable bonds is 6. The number of halogens is 3. The Labute approximate surface area is 192 Å². The molecule has 5 rings (SSSR count). The van der Waals surface area contributed by atoms with E-state index in [4.69, 9.17) is 4.74 Å². The van der Waals surface area contributed by atoms with Crippen molar-refractivity contribution in [1.29, 1.82) is 0 Å². The molecule has 0 atom stereocenters. The summed E-state index contributed by atoms with van der Waals surface area (Å²) in [5.41, 5.74) is 1.68. The van der Waals surface area contributed by atoms with Crippen LogP contribution in [0.15, 0.2) is 42.9 Å². The average molecular weight is 470 g/mol. The molecule has 1 fully saturated rings. The number of carbonyl (C=O) groups is 1. The normalized spacial score (nSPS) is 13.9. The predicted molar refractivity (Wildman–Crippen MR) is 117 cm³/mol. The number of aromatic nitrogens is 5. The van der Waals surface area contributed by atoms with Crippen molar-refractivity contribution in [3.8, 4) is 5.75 Å². The Morgan fingerprint density at radius 2 is 1.97 bits per heavy atom. The van der Waals surface area contributed by atoms with E-state index in [2.05, 4.69) is 20.5 Å². The quantitative estimate of drug-likeness (QED) is 0.440. The lowest BCUT2D eigenvalue weighted by Gasteiger charge is -2.11. The number of hydrogen-bond donors (Lipinski definition) is 1. The summed E-state index contributed by atoms with van der Waals surface area (Å²) in [7, 11) is 0. The van der Waals surface area contributed by atoms with Gasteiger partial charge in [0, 0.05) is 11.6 Å². The van der Waals surface area contributed by atoms with Crippen molar-refractivity contribution >= 4 is 17.2 Å². The van der Waals surface area contributed by atoms with Crippen molar-refractivity contribution in [3.63, 3.8) is 0 Å². The number of nitrogens with zero attached hydrogens (tertiary/aromatic N) is 5. The summed E-state index contributed by atoms with van der Waals surface area (Å²) in [6, 6.07) is 6.84. The minimum Gasteiger partial charge on any atom is -0.471 e. The Morgan fingerprint density at radius 1 is 1.18 bits per heavy atom. The second kappa shape index (κ2) is 8.15. The lowest BCUT2D eigenvalue weighted by molar-refractivity contribution is -0.142. The summed E-state index contributed by atoms with van der Waals surface area (Å²) in [5, 5.41) is 10.6. The second-order valence-corrected chi connectivity index (χ2v) is 8.40. The number of alkyl halides is 3. The molecule has 8 nitrogen and oxygen atoms in total. The Kier molecular flexibility index (Phi) is 5.26. The van der Waals surface area contributed by atoms with Crippen molar-refractivity contribution in [3.05, 3.63) is 70.9 Å². The molecule has 0 unspecified atom stereocenters. The van der Waals surface area contributed by atoms with Crippen LogP contribution in [-0.2, 0) is 12.9 Å². The van der Waals surface area contributed by atoms with Crippen LogP contribution in [0.2, 0.25) is 0 Å². The van der Waals surface area contributed by atoms with Crippen molar-refractivity contribution in [2.75, 3.05) is 5.32 Å². The van der Waals surface area contributed by atoms with E-state index in [1.54, 1.807) is 6.20 Å². The molecule has 1 amide bonds. The molecule has 1 N–H and O–H groups in total. The molecule has 0 saturated heterocycles. The van der Waals surface area contributed by atoms with Crippen LogP contribution in [0.3, 0.4) is 0 Å². The SMILES string of the molecule is Cc1ccc(OCn2cc(NC(=O)c3cnn4c(C(F)(F)F)cc(C5CC5)nc34)cn2)c(C)c1. The van der Waals surface area contributed by atoms with Gasteiger partial charge in [0.25, 0.3) is 5.91 Å². The van der Waals surface area contributed by atoms with Gasteiger partial charge in [0.2, 0.25) is 0 Å². The molecule has 1 aliphatic carbocycles. The van der Waals surface area contributed by atoms with E-state index in [0.29, 0.717) is 15.9 Å². The molecule has 0 aliphatic heterocycles. The first-order valence-electron chi connectivity index (χ1n) is 10.7. The highest BCUT2D eigenvalue weighted by atomic mass is 19.4. The zero-order chi connectivity index (χ0) is 24.0. The second-order valence-electron chi connectivity index (χ2n) is 8.40. The lowest BCUT2D eigenvalue weighted by atomic mass is 10.1. The molecule has 1 aromatic carbocycles. The van der Waals surface area contributed by atoms with Gasteiger partial charge < -0.3 is 10.1 Å². The molecule has 1 aliphatic rings. The number of aryl methyl sites for hydroxylation is 2. The first-order chi connectivity index (χ1) is 16.2. The van der Waals surface area contributed by atoms with Crippen molar-refractivity contribution < 1.29 is 22.7 Å². The van der Waals surface area contributed by atoms with E-state index < -0.39 is 17.8 Å². The fraction of sp³-hybridized carbons (Fsp3) is 0.304. The van der Waals surface area contributed by atoms with Gasteiger partial charge in [-0.05, 0) is 44.4 Å². The number of fused-ring (bicyclic) bond motifs is 1. The van der Waals surface area contributed by atoms with Gasteiger partial charge in [0.05, 0.1) is 24.3 Å². The number of anilines is 1. The third-order valence-corrected chi connectivity index (χ3v) is 5.60. The number of ether oxygens (including phenoxy) is 1. The Balaban J connectivity index is 1.34. The summed E-state index contributed by atoms with van der Waals surface area (Å²) in [6.45, 7) is 4.06. The van der Waals surface area contributed by atoms with Crippen molar-refractivity contribution in [2.45, 2.75) is 45.5 Å². The molecule has 3 heterocycles. The van der Waals surface area contributed by atoms with Crippen LogP contribution in [0.1, 0.15) is 51.6 Å². The summed E-state index contributed by atoms with van der Waals surface area (Å²) < 4.78 is 48.6. The third-order valence-electron chi connectivity index (χ3n) is 5.60. The molecular weight excluding hydrogens is 449 g/mol. The fourth-order valence-corrected chi connectivity index (χ4v) is 3.73. The van der Waals surface area contributed by atoms with Crippen molar-refractivity contribution in [1.82, 2.24) is 24.4 Å². The number of carbonyl (C=O) groups excluding carboxylic acids is 1. The Bertz CT molecular complexity index is 1390. The third kappa shape index (κ3) is 4.33. The maximum Gasteiger partial charge on any atom is 0.433 e. The van der Waals surface area contributed by atoms with Gasteiger partial charge in [-0.2, -0.15) is 23.4 Å². The lowest BCUT2D eigenvalue weighted by Crippen LogP contribution is -2.16. The Morgan fingerprint density at radius 3 is 2.68 bits per heavy atom. The summed E-state index contributed by atoms with van der Waals surface area (Å²) in [6.07, 6.45) is 1.02. The van der Waals surface area contributed by atoms with Crippen LogP contribution in [-0.4, -0.2) is 30.3 Å². The van der Waals surface area contributed by atoms with Gasteiger partial charge >= 0.3 is 6.18 Å². The molecule has 1 saturated carbocycles. The average Bonchev–Trinajstić information content (AvgIpc) is 3.38. The van der Waals surface area contributed by atoms with Gasteiger partial charge in [0.15, 0.2) is 12.4 Å². The predicted octanol–water partition coefficient (Wildman–Crippen LogP) is 4.73. The number of hydrogen-bond acceptors (Lipinski definition) is 5. The maximum absolute atomic E-state index is 13.6. The number of nitrogens with one attached hydrogen (secondary N) is 1. The van der Waals surface area contributed by atoms with E-state index in [0.717, 1.165) is 42.0 Å². The van der Waals surface area contributed by atoms with E-state index in [1.165, 1.54) is 10.9 Å². The zero-order valence-electron chi connectivity index (χ0n) is 18.4. The van der Waals surface area contributed by atoms with Gasteiger partial charge in [-0.1, -0.05) is 17.7 Å². The Hall–Kier alpha value is -3.89. The molecule has 0 spiro atoms. The number of amides is 1. The fourth-order valence-electron chi connectivity index (χ4n) is 3.73. The molecule has 176 valence electrons. The monoisotopic (exact) mass is 470 g/mol. The maximum atomic E-state index is 13.6. The minimum absolute atomic E-state index is 0.0210. The van der Waals surface area contributed by atoms with E-state index in [1.807, 2.05) is 32.0 Å². The highest BCUT2D eigenvalue weighted by molar-refractivity contribution is 6.08. The standard InChI is InChI=1S/C23H21F3N6O2/c1-13-3-6-19(14(2)7-13)34-12-31-11-16(9-27-31)29-22(33)17-10-28-32-20(23(24,25)26)8-18(15-4-5-15)30-21(17)32/h3,6-11,15H,4-5,12H2,1-2H3,(H,29,33). The van der Waals surface area contributed by atoms with Gasteiger partial charge in [-0.15, -0.1) is 0 Å². The highest BCUT2D eigenvalue weighted by Gasteiger charge is 2.38. The zero-order valence-corrected chi connectivity index (χ0v) is 18.4. The van der Waals surface area contributed by atoms with Crippen LogP contribution < -0.4 is 10.1 Å². The topological polar surface area (TPSA) is 86.3 Å². The molecular formula is C23H21F3N6O2. The molecule has 3 aromatic heterocycles. The molecule has 0 bridgehead atoms.